The third-order valence-electron chi connectivity index (χ3n) is 3.34. The molecule has 0 bridgehead atoms. The summed E-state index contributed by atoms with van der Waals surface area (Å²) in [6, 6.07) is 5.31. The van der Waals surface area contributed by atoms with Crippen LogP contribution in [-0.2, 0) is 0 Å². The van der Waals surface area contributed by atoms with Crippen molar-refractivity contribution in [2.75, 3.05) is 33.4 Å². The minimum atomic E-state index is 0.0296. The van der Waals surface area contributed by atoms with Gasteiger partial charge in [-0.15, -0.1) is 0 Å². The van der Waals surface area contributed by atoms with Crippen LogP contribution in [-0.4, -0.2) is 44.1 Å². The van der Waals surface area contributed by atoms with Crippen molar-refractivity contribution in [2.45, 2.75) is 12.8 Å². The number of hydrogen-bond acceptors (Lipinski definition) is 4. The van der Waals surface area contributed by atoms with Gasteiger partial charge in [-0.25, -0.2) is 0 Å². The minimum absolute atomic E-state index is 0.0296. The number of rotatable bonds is 6. The Bertz CT molecular complexity index is 442. The van der Waals surface area contributed by atoms with E-state index in [1.807, 2.05) is 0 Å². The smallest absolute Gasteiger partial charge is 0.161 e. The summed E-state index contributed by atoms with van der Waals surface area (Å²) in [7, 11) is 1.59. The lowest BCUT2D eigenvalue weighted by molar-refractivity contribution is 0.230. The Kier molecular flexibility index (Phi) is 4.63. The predicted molar refractivity (Wildman–Crippen MR) is 75.2 cm³/mol. The molecule has 0 aliphatic carbocycles. The molecule has 104 valence electrons. The van der Waals surface area contributed by atoms with Gasteiger partial charge in [-0.1, -0.05) is 0 Å². The summed E-state index contributed by atoms with van der Waals surface area (Å²) in [6.45, 7) is 3.93. The molecule has 0 aromatic heterocycles. The molecular formula is C14H21N3O2. The molecule has 0 saturated carbocycles. The van der Waals surface area contributed by atoms with Gasteiger partial charge in [0.2, 0.25) is 0 Å². The Hall–Kier alpha value is -1.75. The van der Waals surface area contributed by atoms with E-state index in [1.54, 1.807) is 25.3 Å². The number of likely N-dealkylation sites (tertiary alicyclic amines) is 1. The van der Waals surface area contributed by atoms with Crippen LogP contribution >= 0.6 is 0 Å². The molecule has 0 amide bonds. The largest absolute Gasteiger partial charge is 0.493 e. The highest BCUT2D eigenvalue weighted by molar-refractivity contribution is 5.95. The van der Waals surface area contributed by atoms with Gasteiger partial charge < -0.3 is 15.2 Å². The van der Waals surface area contributed by atoms with E-state index in [0.717, 1.165) is 6.54 Å². The first-order valence-electron chi connectivity index (χ1n) is 6.58. The zero-order valence-corrected chi connectivity index (χ0v) is 11.3. The molecule has 0 unspecified atom stereocenters. The van der Waals surface area contributed by atoms with Gasteiger partial charge in [-0.2, -0.15) is 0 Å². The molecule has 0 spiro atoms. The van der Waals surface area contributed by atoms with Crippen molar-refractivity contribution in [3.63, 3.8) is 0 Å². The Morgan fingerprint density at radius 3 is 2.68 bits per heavy atom. The molecule has 0 atom stereocenters. The average molecular weight is 263 g/mol. The zero-order valence-electron chi connectivity index (χ0n) is 11.3. The van der Waals surface area contributed by atoms with Crippen LogP contribution in [0.15, 0.2) is 18.2 Å². The first-order valence-corrected chi connectivity index (χ1v) is 6.58. The molecule has 1 aliphatic heterocycles. The SMILES string of the molecule is COc1cc(C(=N)N)ccc1OCCN1CCCC1. The van der Waals surface area contributed by atoms with E-state index in [0.29, 0.717) is 23.7 Å². The first kappa shape index (κ1) is 13.7. The quantitative estimate of drug-likeness (QED) is 0.602. The van der Waals surface area contributed by atoms with Gasteiger partial charge in [0.15, 0.2) is 11.5 Å². The minimum Gasteiger partial charge on any atom is -0.493 e. The maximum Gasteiger partial charge on any atom is 0.161 e. The molecule has 0 radical (unpaired) electrons. The van der Waals surface area contributed by atoms with Crippen molar-refractivity contribution >= 4 is 5.84 Å². The number of nitrogens with zero attached hydrogens (tertiary/aromatic N) is 1. The predicted octanol–water partition coefficient (Wildman–Crippen LogP) is 1.45. The highest BCUT2D eigenvalue weighted by Gasteiger charge is 2.12. The summed E-state index contributed by atoms with van der Waals surface area (Å²) in [5.41, 5.74) is 6.09. The number of benzene rings is 1. The fourth-order valence-electron chi connectivity index (χ4n) is 2.25. The van der Waals surface area contributed by atoms with Gasteiger partial charge >= 0.3 is 0 Å². The van der Waals surface area contributed by atoms with E-state index in [2.05, 4.69) is 4.90 Å². The molecule has 3 N–H and O–H groups in total. The number of methoxy groups -OCH3 is 1. The van der Waals surface area contributed by atoms with Crippen LogP contribution < -0.4 is 15.2 Å². The highest BCUT2D eigenvalue weighted by atomic mass is 16.5. The Balaban J connectivity index is 1.93. The van der Waals surface area contributed by atoms with Crippen LogP contribution in [0.5, 0.6) is 11.5 Å². The summed E-state index contributed by atoms with van der Waals surface area (Å²) in [5.74, 6) is 1.35. The summed E-state index contributed by atoms with van der Waals surface area (Å²) in [5, 5.41) is 7.40. The summed E-state index contributed by atoms with van der Waals surface area (Å²) in [6.07, 6.45) is 2.58. The molecule has 1 aliphatic rings. The van der Waals surface area contributed by atoms with E-state index in [9.17, 15) is 0 Å². The number of ether oxygens (including phenoxy) is 2. The Morgan fingerprint density at radius 1 is 1.32 bits per heavy atom. The molecule has 5 nitrogen and oxygen atoms in total. The van der Waals surface area contributed by atoms with Crippen molar-refractivity contribution in [3.05, 3.63) is 23.8 Å². The molecule has 2 rings (SSSR count). The second kappa shape index (κ2) is 6.43. The zero-order chi connectivity index (χ0) is 13.7. The van der Waals surface area contributed by atoms with Gasteiger partial charge in [-0.05, 0) is 44.1 Å². The average Bonchev–Trinajstić information content (AvgIpc) is 2.92. The van der Waals surface area contributed by atoms with Gasteiger partial charge in [0.1, 0.15) is 12.4 Å². The molecule has 1 fully saturated rings. The molecular weight excluding hydrogens is 242 g/mol. The van der Waals surface area contributed by atoms with Crippen molar-refractivity contribution in [3.8, 4) is 11.5 Å². The van der Waals surface area contributed by atoms with Crippen LogP contribution in [0, 0.1) is 5.41 Å². The second-order valence-corrected chi connectivity index (χ2v) is 4.68. The first-order chi connectivity index (χ1) is 9.20. The van der Waals surface area contributed by atoms with Gasteiger partial charge in [0.05, 0.1) is 7.11 Å². The van der Waals surface area contributed by atoms with Crippen LogP contribution in [0.3, 0.4) is 0 Å². The number of nitrogen functional groups attached to an aromatic ring is 1. The molecule has 1 aromatic carbocycles. The van der Waals surface area contributed by atoms with Crippen molar-refractivity contribution in [1.29, 1.82) is 5.41 Å². The van der Waals surface area contributed by atoms with Crippen molar-refractivity contribution < 1.29 is 9.47 Å². The summed E-state index contributed by atoms with van der Waals surface area (Å²) >= 11 is 0. The number of amidine groups is 1. The van der Waals surface area contributed by atoms with Gasteiger partial charge in [0.25, 0.3) is 0 Å². The lowest BCUT2D eigenvalue weighted by Gasteiger charge is -2.16. The maximum absolute atomic E-state index is 7.40. The van der Waals surface area contributed by atoms with E-state index in [4.69, 9.17) is 20.6 Å². The maximum atomic E-state index is 7.40. The van der Waals surface area contributed by atoms with Crippen LogP contribution in [0.4, 0.5) is 0 Å². The normalized spacial score (nSPS) is 15.4. The van der Waals surface area contributed by atoms with Crippen LogP contribution in [0.25, 0.3) is 0 Å². The van der Waals surface area contributed by atoms with Crippen LogP contribution in [0.2, 0.25) is 0 Å². The van der Waals surface area contributed by atoms with Crippen LogP contribution in [0.1, 0.15) is 18.4 Å². The molecule has 19 heavy (non-hydrogen) atoms. The van der Waals surface area contributed by atoms with E-state index >= 15 is 0 Å². The van der Waals surface area contributed by atoms with E-state index in [-0.39, 0.29) is 5.84 Å². The Morgan fingerprint density at radius 2 is 2.05 bits per heavy atom. The monoisotopic (exact) mass is 263 g/mol. The number of hydrogen-bond donors (Lipinski definition) is 2. The third-order valence-corrected chi connectivity index (χ3v) is 3.34. The molecule has 1 saturated heterocycles. The third kappa shape index (κ3) is 3.61. The van der Waals surface area contributed by atoms with Gasteiger partial charge in [-0.3, -0.25) is 10.3 Å². The second-order valence-electron chi connectivity index (χ2n) is 4.68. The number of nitrogens with two attached hydrogens (primary N) is 1. The molecule has 1 aromatic rings. The van der Waals surface area contributed by atoms with Gasteiger partial charge in [0, 0.05) is 12.1 Å². The lowest BCUT2D eigenvalue weighted by atomic mass is 10.2. The number of nitrogens with one attached hydrogen (secondary N) is 1. The topological polar surface area (TPSA) is 71.6 Å². The molecule has 1 heterocycles. The molecule has 5 heteroatoms. The summed E-state index contributed by atoms with van der Waals surface area (Å²) < 4.78 is 11.0. The lowest BCUT2D eigenvalue weighted by Crippen LogP contribution is -2.25. The fraction of sp³-hybridized carbons (Fsp3) is 0.500. The van der Waals surface area contributed by atoms with E-state index in [1.165, 1.54) is 25.9 Å². The van der Waals surface area contributed by atoms with E-state index < -0.39 is 0 Å². The summed E-state index contributed by atoms with van der Waals surface area (Å²) in [4.78, 5) is 2.40. The standard InChI is InChI=1S/C14H21N3O2/c1-18-13-10-11(14(15)16)4-5-12(13)19-9-8-17-6-2-3-7-17/h4-5,10H,2-3,6-9H2,1H3,(H3,15,16). The van der Waals surface area contributed by atoms with Crippen molar-refractivity contribution in [2.24, 2.45) is 5.73 Å². The Labute approximate surface area is 113 Å². The highest BCUT2D eigenvalue weighted by Crippen LogP contribution is 2.27. The van der Waals surface area contributed by atoms with Crippen molar-refractivity contribution in [1.82, 2.24) is 4.90 Å². The fourth-order valence-corrected chi connectivity index (χ4v) is 2.25.